The number of hydrogen-bond donors (Lipinski definition) is 1. The summed E-state index contributed by atoms with van der Waals surface area (Å²) in [5, 5.41) is 8.84. The van der Waals surface area contributed by atoms with Crippen LogP contribution in [0.15, 0.2) is 6.07 Å². The van der Waals surface area contributed by atoms with Gasteiger partial charge in [0.05, 0.1) is 11.3 Å². The molecular formula is C14H19NO3S. The zero-order valence-electron chi connectivity index (χ0n) is 11.3. The van der Waals surface area contributed by atoms with E-state index in [1.807, 2.05) is 13.0 Å². The van der Waals surface area contributed by atoms with Gasteiger partial charge in [-0.25, -0.2) is 0 Å². The van der Waals surface area contributed by atoms with E-state index in [1.54, 1.807) is 23.2 Å². The van der Waals surface area contributed by atoms with Gasteiger partial charge in [0.2, 0.25) is 0 Å². The SMILES string of the molecule is CCN(C(=O)c1cc2c(s1)CCC2)C(C)CC(=O)O. The Bertz CT molecular complexity index is 473. The normalized spacial score (nSPS) is 15.1. The maximum Gasteiger partial charge on any atom is 0.305 e. The lowest BCUT2D eigenvalue weighted by atomic mass is 10.2. The molecule has 0 fully saturated rings. The van der Waals surface area contributed by atoms with E-state index in [9.17, 15) is 9.59 Å². The smallest absolute Gasteiger partial charge is 0.305 e. The van der Waals surface area contributed by atoms with Crippen molar-refractivity contribution < 1.29 is 14.7 Å². The summed E-state index contributed by atoms with van der Waals surface area (Å²) < 4.78 is 0. The molecule has 1 aliphatic carbocycles. The number of aliphatic carboxylic acids is 1. The van der Waals surface area contributed by atoms with Gasteiger partial charge in [0.15, 0.2) is 0 Å². The summed E-state index contributed by atoms with van der Waals surface area (Å²) in [5.41, 5.74) is 1.30. The summed E-state index contributed by atoms with van der Waals surface area (Å²) >= 11 is 1.57. The molecule has 4 nitrogen and oxygen atoms in total. The number of amides is 1. The van der Waals surface area contributed by atoms with Crippen LogP contribution in [0.25, 0.3) is 0 Å². The maximum atomic E-state index is 12.4. The highest BCUT2D eigenvalue weighted by molar-refractivity contribution is 7.14. The molecule has 0 spiro atoms. The van der Waals surface area contributed by atoms with Gasteiger partial charge in [0.25, 0.3) is 5.91 Å². The van der Waals surface area contributed by atoms with Crippen LogP contribution in [0.2, 0.25) is 0 Å². The summed E-state index contributed by atoms with van der Waals surface area (Å²) in [6, 6.07) is 1.72. The highest BCUT2D eigenvalue weighted by Crippen LogP contribution is 2.31. The molecule has 0 aromatic carbocycles. The molecule has 0 bridgehead atoms. The number of aryl methyl sites for hydroxylation is 2. The summed E-state index contributed by atoms with van der Waals surface area (Å²) in [5.74, 6) is -0.900. The number of carboxylic acids is 1. The predicted octanol–water partition coefficient (Wildman–Crippen LogP) is 2.56. The van der Waals surface area contributed by atoms with Crippen molar-refractivity contribution in [3.8, 4) is 0 Å². The van der Waals surface area contributed by atoms with Crippen molar-refractivity contribution in [3.05, 3.63) is 21.4 Å². The molecule has 2 rings (SSSR count). The van der Waals surface area contributed by atoms with Crippen molar-refractivity contribution >= 4 is 23.2 Å². The first kappa shape index (κ1) is 14.1. The quantitative estimate of drug-likeness (QED) is 0.902. The van der Waals surface area contributed by atoms with E-state index in [0.717, 1.165) is 17.7 Å². The fourth-order valence-electron chi connectivity index (χ4n) is 2.59. The molecule has 1 N–H and O–H groups in total. The topological polar surface area (TPSA) is 57.6 Å². The average molecular weight is 281 g/mol. The van der Waals surface area contributed by atoms with E-state index >= 15 is 0 Å². The van der Waals surface area contributed by atoms with Crippen LogP contribution in [0, 0.1) is 0 Å². The maximum absolute atomic E-state index is 12.4. The monoisotopic (exact) mass is 281 g/mol. The Hall–Kier alpha value is -1.36. The molecule has 19 heavy (non-hydrogen) atoms. The van der Waals surface area contributed by atoms with Gasteiger partial charge >= 0.3 is 5.97 Å². The Morgan fingerprint density at radius 2 is 2.21 bits per heavy atom. The van der Waals surface area contributed by atoms with E-state index < -0.39 is 5.97 Å². The van der Waals surface area contributed by atoms with Crippen molar-refractivity contribution in [2.75, 3.05) is 6.54 Å². The summed E-state index contributed by atoms with van der Waals surface area (Å²) in [6.07, 6.45) is 3.31. The first-order valence-corrected chi connectivity index (χ1v) is 7.49. The van der Waals surface area contributed by atoms with Crippen molar-refractivity contribution in [3.63, 3.8) is 0 Å². The molecule has 1 aromatic rings. The molecule has 1 amide bonds. The molecule has 1 unspecified atom stereocenters. The molecule has 1 atom stereocenters. The average Bonchev–Trinajstić information content (AvgIpc) is 2.88. The van der Waals surface area contributed by atoms with Gasteiger partial charge in [-0.05, 0) is 44.7 Å². The number of hydrogen-bond acceptors (Lipinski definition) is 3. The van der Waals surface area contributed by atoms with E-state index in [0.29, 0.717) is 6.54 Å². The minimum absolute atomic E-state index is 0.00926. The van der Waals surface area contributed by atoms with Gasteiger partial charge < -0.3 is 10.0 Å². The van der Waals surface area contributed by atoms with Crippen molar-refractivity contribution in [1.29, 1.82) is 0 Å². The largest absolute Gasteiger partial charge is 0.481 e. The van der Waals surface area contributed by atoms with Gasteiger partial charge in [-0.1, -0.05) is 0 Å². The molecular weight excluding hydrogens is 262 g/mol. The number of thiophene rings is 1. The Labute approximate surface area is 117 Å². The second-order valence-corrected chi connectivity index (χ2v) is 6.09. The van der Waals surface area contributed by atoms with E-state index in [2.05, 4.69) is 0 Å². The first-order valence-electron chi connectivity index (χ1n) is 6.67. The van der Waals surface area contributed by atoms with Crippen LogP contribution >= 0.6 is 11.3 Å². The molecule has 1 heterocycles. The van der Waals surface area contributed by atoms with Crippen molar-refractivity contribution in [1.82, 2.24) is 4.90 Å². The predicted molar refractivity (Wildman–Crippen MR) is 74.8 cm³/mol. The fraction of sp³-hybridized carbons (Fsp3) is 0.571. The third kappa shape index (κ3) is 2.97. The third-order valence-corrected chi connectivity index (χ3v) is 4.79. The van der Waals surface area contributed by atoms with Gasteiger partial charge in [0.1, 0.15) is 0 Å². The number of nitrogens with zero attached hydrogens (tertiary/aromatic N) is 1. The number of carboxylic acid groups (broad SMARTS) is 1. The van der Waals surface area contributed by atoms with Gasteiger partial charge in [-0.15, -0.1) is 11.3 Å². The van der Waals surface area contributed by atoms with Crippen LogP contribution in [0.1, 0.15) is 46.8 Å². The van der Waals surface area contributed by atoms with Crippen molar-refractivity contribution in [2.24, 2.45) is 0 Å². The number of rotatable bonds is 5. The lowest BCUT2D eigenvalue weighted by molar-refractivity contribution is -0.138. The second kappa shape index (κ2) is 5.74. The summed E-state index contributed by atoms with van der Waals surface area (Å²) in [6.45, 7) is 4.21. The number of carbonyl (C=O) groups excluding carboxylic acids is 1. The zero-order chi connectivity index (χ0) is 14.0. The molecule has 0 radical (unpaired) electrons. The lowest BCUT2D eigenvalue weighted by Gasteiger charge is -2.26. The Kier molecular flexibility index (Phi) is 4.24. The summed E-state index contributed by atoms with van der Waals surface area (Å²) in [7, 11) is 0. The van der Waals surface area contributed by atoms with Crippen LogP contribution in [0.3, 0.4) is 0 Å². The Morgan fingerprint density at radius 3 is 2.79 bits per heavy atom. The fourth-order valence-corrected chi connectivity index (χ4v) is 3.80. The Balaban J connectivity index is 2.13. The highest BCUT2D eigenvalue weighted by Gasteiger charge is 2.25. The molecule has 0 saturated heterocycles. The molecule has 0 aliphatic heterocycles. The summed E-state index contributed by atoms with van der Waals surface area (Å²) in [4.78, 5) is 26.9. The molecule has 5 heteroatoms. The van der Waals surface area contributed by atoms with Crippen molar-refractivity contribution in [2.45, 2.75) is 45.6 Å². The number of fused-ring (bicyclic) bond motifs is 1. The minimum Gasteiger partial charge on any atom is -0.481 e. The van der Waals surface area contributed by atoms with Gasteiger partial charge in [0, 0.05) is 17.5 Å². The van der Waals surface area contributed by atoms with Gasteiger partial charge in [-0.2, -0.15) is 0 Å². The Morgan fingerprint density at radius 1 is 1.47 bits per heavy atom. The zero-order valence-corrected chi connectivity index (χ0v) is 12.1. The van der Waals surface area contributed by atoms with Gasteiger partial charge in [-0.3, -0.25) is 9.59 Å². The van der Waals surface area contributed by atoms with Crippen LogP contribution in [0.5, 0.6) is 0 Å². The second-order valence-electron chi connectivity index (χ2n) is 4.95. The molecule has 1 aromatic heterocycles. The van der Waals surface area contributed by atoms with E-state index in [4.69, 9.17) is 5.11 Å². The molecule has 104 valence electrons. The van der Waals surface area contributed by atoms with E-state index in [-0.39, 0.29) is 18.4 Å². The van der Waals surface area contributed by atoms with Crippen LogP contribution < -0.4 is 0 Å². The minimum atomic E-state index is -0.868. The highest BCUT2D eigenvalue weighted by atomic mass is 32.1. The first-order chi connectivity index (χ1) is 9.02. The van der Waals surface area contributed by atoms with Crippen LogP contribution in [0.4, 0.5) is 0 Å². The van der Waals surface area contributed by atoms with Crippen LogP contribution in [-0.4, -0.2) is 34.5 Å². The molecule has 0 saturated carbocycles. The third-order valence-electron chi connectivity index (χ3n) is 3.56. The lowest BCUT2D eigenvalue weighted by Crippen LogP contribution is -2.39. The standard InChI is InChI=1S/C14H19NO3S/c1-3-15(9(2)7-13(16)17)14(18)12-8-10-5-4-6-11(10)19-12/h8-9H,3-7H2,1-2H3,(H,16,17). The number of carbonyl (C=O) groups is 2. The van der Waals surface area contributed by atoms with Crippen LogP contribution in [-0.2, 0) is 17.6 Å². The molecule has 1 aliphatic rings. The van der Waals surface area contributed by atoms with E-state index in [1.165, 1.54) is 16.9 Å².